The molecule has 2 aliphatic rings. The van der Waals surface area contributed by atoms with Crippen LogP contribution in [0.2, 0.25) is 0 Å². The fourth-order valence-corrected chi connectivity index (χ4v) is 4.02. The average molecular weight is 265 g/mol. The van der Waals surface area contributed by atoms with E-state index in [1.165, 1.54) is 6.26 Å². The van der Waals surface area contributed by atoms with Gasteiger partial charge in [-0.1, -0.05) is 6.07 Å². The van der Waals surface area contributed by atoms with E-state index in [0.29, 0.717) is 11.5 Å². The molecule has 1 aromatic rings. The molecule has 0 unspecified atom stereocenters. The lowest BCUT2D eigenvalue weighted by molar-refractivity contribution is 0.174. The van der Waals surface area contributed by atoms with Crippen molar-refractivity contribution in [2.24, 2.45) is 5.92 Å². The van der Waals surface area contributed by atoms with Crippen LogP contribution in [0.4, 0.5) is 0 Å². The maximum Gasteiger partial charge on any atom is 0.231 e. The van der Waals surface area contributed by atoms with E-state index in [9.17, 15) is 8.42 Å². The van der Waals surface area contributed by atoms with Crippen LogP contribution < -0.4 is 9.47 Å². The highest BCUT2D eigenvalue weighted by Crippen LogP contribution is 2.53. The van der Waals surface area contributed by atoms with Crippen molar-refractivity contribution >= 4 is 9.84 Å². The molecule has 0 amide bonds. The van der Waals surface area contributed by atoms with Gasteiger partial charge in [0.25, 0.3) is 0 Å². The molecule has 5 nitrogen and oxygen atoms in total. The van der Waals surface area contributed by atoms with E-state index in [1.807, 2.05) is 0 Å². The van der Waals surface area contributed by atoms with E-state index in [-0.39, 0.29) is 12.7 Å². The van der Waals surface area contributed by atoms with E-state index in [0.717, 1.165) is 5.56 Å². The van der Waals surface area contributed by atoms with Gasteiger partial charge in [0.1, 0.15) is 0 Å². The fraction of sp³-hybridized carbons (Fsp3) is 0.417. The predicted molar refractivity (Wildman–Crippen MR) is 63.0 cm³/mol. The van der Waals surface area contributed by atoms with Crippen LogP contribution in [0.15, 0.2) is 18.2 Å². The summed E-state index contributed by atoms with van der Waals surface area (Å²) >= 11 is 0. The Morgan fingerprint density at radius 1 is 1.33 bits per heavy atom. The van der Waals surface area contributed by atoms with Crippen LogP contribution in [-0.2, 0) is 9.84 Å². The van der Waals surface area contributed by atoms with Gasteiger partial charge in [-0.15, -0.1) is 0 Å². The van der Waals surface area contributed by atoms with Gasteiger partial charge in [-0.25, -0.2) is 8.42 Å². The maximum atomic E-state index is 11.6. The Hall–Kier alpha value is -1.74. The summed E-state index contributed by atoms with van der Waals surface area (Å²) in [5.74, 6) is 0.562. The van der Waals surface area contributed by atoms with E-state index in [1.54, 1.807) is 18.2 Å². The summed E-state index contributed by atoms with van der Waals surface area (Å²) in [6.07, 6.45) is 1.18. The van der Waals surface area contributed by atoms with Crippen LogP contribution in [0.25, 0.3) is 0 Å². The van der Waals surface area contributed by atoms with Gasteiger partial charge < -0.3 is 9.47 Å². The second kappa shape index (κ2) is 3.62. The highest BCUT2D eigenvalue weighted by atomic mass is 32.2. The van der Waals surface area contributed by atoms with Crippen molar-refractivity contribution in [3.05, 3.63) is 23.8 Å². The van der Waals surface area contributed by atoms with Crippen LogP contribution in [-0.4, -0.2) is 26.7 Å². The number of hydrogen-bond acceptors (Lipinski definition) is 5. The molecule has 18 heavy (non-hydrogen) atoms. The summed E-state index contributed by atoms with van der Waals surface area (Å²) in [5.41, 5.74) is 0.821. The molecule has 1 aromatic carbocycles. The maximum absolute atomic E-state index is 11.6. The van der Waals surface area contributed by atoms with Crippen molar-refractivity contribution in [2.75, 3.05) is 13.0 Å². The van der Waals surface area contributed by atoms with Crippen molar-refractivity contribution in [2.45, 2.75) is 11.2 Å². The Balaban J connectivity index is 1.95. The molecule has 1 fully saturated rings. The SMILES string of the molecule is CS(=O)(=O)[C@@H]1[C@H](C#N)[C@H]1c1ccc2c(c1)OCO2. The first-order valence-electron chi connectivity index (χ1n) is 5.50. The van der Waals surface area contributed by atoms with Crippen LogP contribution in [0.1, 0.15) is 11.5 Å². The summed E-state index contributed by atoms with van der Waals surface area (Å²) in [7, 11) is -3.20. The minimum Gasteiger partial charge on any atom is -0.454 e. The third-order valence-corrected chi connectivity index (χ3v) is 4.95. The third kappa shape index (κ3) is 1.63. The molecule has 1 aliphatic carbocycles. The summed E-state index contributed by atoms with van der Waals surface area (Å²) in [5, 5.41) is 8.40. The van der Waals surface area contributed by atoms with Gasteiger partial charge in [-0.2, -0.15) is 5.26 Å². The number of fused-ring (bicyclic) bond motifs is 1. The third-order valence-electron chi connectivity index (χ3n) is 3.38. The van der Waals surface area contributed by atoms with Crippen molar-refractivity contribution in [1.29, 1.82) is 5.26 Å². The molecule has 6 heteroatoms. The summed E-state index contributed by atoms with van der Waals surface area (Å²) in [6.45, 7) is 0.181. The van der Waals surface area contributed by atoms with Gasteiger partial charge in [0, 0.05) is 12.2 Å². The Morgan fingerprint density at radius 3 is 2.67 bits per heavy atom. The summed E-state index contributed by atoms with van der Waals surface area (Å²) < 4.78 is 33.6. The molecule has 3 rings (SSSR count). The van der Waals surface area contributed by atoms with E-state index in [4.69, 9.17) is 14.7 Å². The number of sulfone groups is 1. The molecule has 1 aliphatic heterocycles. The fourth-order valence-electron chi connectivity index (χ4n) is 2.49. The monoisotopic (exact) mass is 265 g/mol. The lowest BCUT2D eigenvalue weighted by atomic mass is 10.1. The first-order chi connectivity index (χ1) is 8.52. The second-order valence-corrected chi connectivity index (χ2v) is 6.79. The highest BCUT2D eigenvalue weighted by molar-refractivity contribution is 7.91. The van der Waals surface area contributed by atoms with Gasteiger partial charge >= 0.3 is 0 Å². The lowest BCUT2D eigenvalue weighted by Gasteiger charge is -2.01. The van der Waals surface area contributed by atoms with E-state index < -0.39 is 21.0 Å². The molecule has 0 N–H and O–H groups in total. The molecule has 0 aromatic heterocycles. The number of nitriles is 1. The van der Waals surface area contributed by atoms with E-state index >= 15 is 0 Å². The quantitative estimate of drug-likeness (QED) is 0.799. The molecule has 1 heterocycles. The number of ether oxygens (including phenoxy) is 2. The van der Waals surface area contributed by atoms with Crippen molar-refractivity contribution in [3.63, 3.8) is 0 Å². The van der Waals surface area contributed by atoms with Gasteiger partial charge in [-0.05, 0) is 17.7 Å². The Bertz CT molecular complexity index is 647. The largest absolute Gasteiger partial charge is 0.454 e. The number of benzene rings is 1. The first kappa shape index (κ1) is 11.4. The zero-order valence-electron chi connectivity index (χ0n) is 9.66. The molecule has 0 saturated heterocycles. The van der Waals surface area contributed by atoms with Gasteiger partial charge in [0.05, 0.1) is 17.2 Å². The molecule has 3 atom stereocenters. The summed E-state index contributed by atoms with van der Waals surface area (Å²) in [4.78, 5) is 0. The lowest BCUT2D eigenvalue weighted by Crippen LogP contribution is -2.06. The van der Waals surface area contributed by atoms with Crippen LogP contribution >= 0.6 is 0 Å². The standard InChI is InChI=1S/C12H11NO4S/c1-18(14,15)12-8(5-13)11(12)7-2-3-9-10(4-7)17-6-16-9/h2-4,8,11-12H,6H2,1H3/t8-,11-,12-/m1/s1. The Kier molecular flexibility index (Phi) is 2.29. The minimum absolute atomic E-state index is 0.181. The minimum atomic E-state index is -3.20. The molecular weight excluding hydrogens is 254 g/mol. The summed E-state index contributed by atoms with van der Waals surface area (Å²) in [6, 6.07) is 7.38. The van der Waals surface area contributed by atoms with Crippen molar-refractivity contribution in [1.82, 2.24) is 0 Å². The zero-order chi connectivity index (χ0) is 12.9. The smallest absolute Gasteiger partial charge is 0.231 e. The number of rotatable bonds is 2. The number of hydrogen-bond donors (Lipinski definition) is 0. The number of nitrogens with zero attached hydrogens (tertiary/aromatic N) is 1. The zero-order valence-corrected chi connectivity index (χ0v) is 10.5. The van der Waals surface area contributed by atoms with Crippen LogP contribution in [0, 0.1) is 17.2 Å². The topological polar surface area (TPSA) is 76.4 Å². The van der Waals surface area contributed by atoms with Crippen molar-refractivity contribution < 1.29 is 17.9 Å². The van der Waals surface area contributed by atoms with Gasteiger partial charge in [0.2, 0.25) is 6.79 Å². The van der Waals surface area contributed by atoms with Crippen LogP contribution in [0.3, 0.4) is 0 Å². The highest BCUT2D eigenvalue weighted by Gasteiger charge is 2.57. The van der Waals surface area contributed by atoms with Gasteiger partial charge in [-0.3, -0.25) is 0 Å². The molecule has 0 spiro atoms. The molecular formula is C12H11NO4S. The average Bonchev–Trinajstić information content (AvgIpc) is 2.90. The van der Waals surface area contributed by atoms with Crippen LogP contribution in [0.5, 0.6) is 11.5 Å². The predicted octanol–water partition coefficient (Wildman–Crippen LogP) is 1.07. The molecule has 0 bridgehead atoms. The first-order valence-corrected chi connectivity index (χ1v) is 7.46. The molecule has 0 radical (unpaired) electrons. The molecule has 94 valence electrons. The Labute approximate surface area is 105 Å². The molecule has 1 saturated carbocycles. The van der Waals surface area contributed by atoms with Crippen molar-refractivity contribution in [3.8, 4) is 17.6 Å². The normalized spacial score (nSPS) is 28.8. The van der Waals surface area contributed by atoms with E-state index in [2.05, 4.69) is 6.07 Å². The Morgan fingerprint density at radius 2 is 2.06 bits per heavy atom. The second-order valence-electron chi connectivity index (χ2n) is 4.59. The van der Waals surface area contributed by atoms with Gasteiger partial charge in [0.15, 0.2) is 21.3 Å².